The Labute approximate surface area is 122 Å². The molecule has 1 aliphatic heterocycles. The normalized spacial score (nSPS) is 18.9. The average molecular weight is 277 g/mol. The van der Waals surface area contributed by atoms with Gasteiger partial charge in [-0.3, -0.25) is 0 Å². The predicted molar refractivity (Wildman–Crippen MR) is 83.0 cm³/mol. The van der Waals surface area contributed by atoms with Gasteiger partial charge in [-0.2, -0.15) is 0 Å². The van der Waals surface area contributed by atoms with Crippen LogP contribution in [0.25, 0.3) is 0 Å². The van der Waals surface area contributed by atoms with Crippen molar-refractivity contribution >= 4 is 0 Å². The van der Waals surface area contributed by atoms with Gasteiger partial charge in [-0.05, 0) is 38.1 Å². The quantitative estimate of drug-likeness (QED) is 0.856. The molecule has 1 fully saturated rings. The van der Waals surface area contributed by atoms with Crippen molar-refractivity contribution in [3.05, 3.63) is 29.8 Å². The zero-order valence-corrected chi connectivity index (χ0v) is 12.7. The molecule has 2 N–H and O–H groups in total. The van der Waals surface area contributed by atoms with Gasteiger partial charge in [0.15, 0.2) is 0 Å². The van der Waals surface area contributed by atoms with E-state index >= 15 is 0 Å². The molecule has 0 amide bonds. The van der Waals surface area contributed by atoms with Crippen LogP contribution in [0.15, 0.2) is 24.3 Å². The summed E-state index contributed by atoms with van der Waals surface area (Å²) in [6.45, 7) is 8.55. The number of benzene rings is 1. The van der Waals surface area contributed by atoms with Crippen LogP contribution in [0.1, 0.15) is 18.9 Å². The molecule has 4 heteroatoms. The van der Waals surface area contributed by atoms with Crippen LogP contribution in [0.3, 0.4) is 0 Å². The maximum atomic E-state index is 5.95. The van der Waals surface area contributed by atoms with Crippen LogP contribution >= 0.6 is 0 Å². The molecule has 0 aliphatic carbocycles. The fraction of sp³-hybridized carbons (Fsp3) is 0.625. The average Bonchev–Trinajstić information content (AvgIpc) is 2.47. The van der Waals surface area contributed by atoms with Crippen LogP contribution in [0.2, 0.25) is 0 Å². The Kier molecular flexibility index (Phi) is 5.83. The Balaban J connectivity index is 1.70. The highest BCUT2D eigenvalue weighted by molar-refractivity contribution is 5.27. The summed E-state index contributed by atoms with van der Waals surface area (Å²) in [5.74, 6) is 0.938. The Morgan fingerprint density at radius 1 is 1.15 bits per heavy atom. The molecular formula is C16H27N3O. The molecule has 1 aromatic carbocycles. The van der Waals surface area contributed by atoms with E-state index in [1.807, 2.05) is 24.3 Å². The Hall–Kier alpha value is -1.10. The van der Waals surface area contributed by atoms with Gasteiger partial charge in [-0.1, -0.05) is 12.1 Å². The van der Waals surface area contributed by atoms with Crippen LogP contribution in [0.5, 0.6) is 5.75 Å². The van der Waals surface area contributed by atoms with Gasteiger partial charge in [0.25, 0.3) is 0 Å². The summed E-state index contributed by atoms with van der Waals surface area (Å²) < 4.78 is 5.95. The Bertz CT molecular complexity index is 385. The van der Waals surface area contributed by atoms with Crippen LogP contribution in [-0.4, -0.2) is 55.7 Å². The van der Waals surface area contributed by atoms with Crippen molar-refractivity contribution < 1.29 is 4.74 Å². The molecular weight excluding hydrogens is 250 g/mol. The first-order valence-corrected chi connectivity index (χ1v) is 7.54. The predicted octanol–water partition coefficient (Wildman–Crippen LogP) is 1.55. The SMILES string of the molecule is CC(CCN1CCN(C)CC1)Oc1ccc(CN)cc1. The molecule has 1 aromatic rings. The van der Waals surface area contributed by atoms with E-state index in [0.29, 0.717) is 6.54 Å². The minimum absolute atomic E-state index is 0.249. The van der Waals surface area contributed by atoms with E-state index in [1.54, 1.807) is 0 Å². The van der Waals surface area contributed by atoms with Gasteiger partial charge in [0, 0.05) is 39.3 Å². The molecule has 20 heavy (non-hydrogen) atoms. The molecule has 1 unspecified atom stereocenters. The van der Waals surface area contributed by atoms with Crippen LogP contribution in [0.4, 0.5) is 0 Å². The van der Waals surface area contributed by atoms with Gasteiger partial charge in [-0.15, -0.1) is 0 Å². The summed E-state index contributed by atoms with van der Waals surface area (Å²) >= 11 is 0. The number of likely N-dealkylation sites (N-methyl/N-ethyl adjacent to an activating group) is 1. The summed E-state index contributed by atoms with van der Waals surface area (Å²) in [6, 6.07) is 8.08. The lowest BCUT2D eigenvalue weighted by Crippen LogP contribution is -2.45. The highest BCUT2D eigenvalue weighted by Crippen LogP contribution is 2.15. The van der Waals surface area contributed by atoms with Gasteiger partial charge >= 0.3 is 0 Å². The lowest BCUT2D eigenvalue weighted by atomic mass is 10.2. The number of nitrogens with zero attached hydrogens (tertiary/aromatic N) is 2. The Morgan fingerprint density at radius 2 is 1.80 bits per heavy atom. The van der Waals surface area contributed by atoms with Crippen LogP contribution in [-0.2, 0) is 6.54 Å². The summed E-state index contributed by atoms with van der Waals surface area (Å²) in [5, 5.41) is 0. The third kappa shape index (κ3) is 4.78. The molecule has 0 aromatic heterocycles. The maximum Gasteiger partial charge on any atom is 0.119 e. The fourth-order valence-corrected chi connectivity index (χ4v) is 2.43. The first kappa shape index (κ1) is 15.3. The lowest BCUT2D eigenvalue weighted by Gasteiger charge is -2.32. The van der Waals surface area contributed by atoms with E-state index in [0.717, 1.165) is 24.3 Å². The highest BCUT2D eigenvalue weighted by atomic mass is 16.5. The fourth-order valence-electron chi connectivity index (χ4n) is 2.43. The smallest absolute Gasteiger partial charge is 0.119 e. The van der Waals surface area contributed by atoms with Gasteiger partial charge in [0.1, 0.15) is 5.75 Å². The van der Waals surface area contributed by atoms with Crippen molar-refractivity contribution in [2.45, 2.75) is 26.0 Å². The van der Waals surface area contributed by atoms with Crippen molar-refractivity contribution in [1.29, 1.82) is 0 Å². The second-order valence-corrected chi connectivity index (χ2v) is 5.71. The molecule has 1 heterocycles. The largest absolute Gasteiger partial charge is 0.491 e. The molecule has 1 atom stereocenters. The number of nitrogens with two attached hydrogens (primary N) is 1. The number of hydrogen-bond acceptors (Lipinski definition) is 4. The minimum atomic E-state index is 0.249. The second kappa shape index (κ2) is 7.62. The summed E-state index contributed by atoms with van der Waals surface area (Å²) in [5.41, 5.74) is 6.73. The standard InChI is InChI=1S/C16H27N3O/c1-14(7-8-19-11-9-18(2)10-12-19)20-16-5-3-15(13-17)4-6-16/h3-6,14H,7-13,17H2,1-2H3. The molecule has 0 radical (unpaired) electrons. The van der Waals surface area contributed by atoms with Gasteiger partial charge < -0.3 is 20.3 Å². The van der Waals surface area contributed by atoms with E-state index in [4.69, 9.17) is 10.5 Å². The highest BCUT2D eigenvalue weighted by Gasteiger charge is 2.14. The molecule has 0 spiro atoms. The first-order valence-electron chi connectivity index (χ1n) is 7.54. The zero-order valence-electron chi connectivity index (χ0n) is 12.7. The minimum Gasteiger partial charge on any atom is -0.491 e. The van der Waals surface area contributed by atoms with E-state index in [9.17, 15) is 0 Å². The van der Waals surface area contributed by atoms with Crippen molar-refractivity contribution in [2.24, 2.45) is 5.73 Å². The summed E-state index contributed by atoms with van der Waals surface area (Å²) in [4.78, 5) is 4.91. The number of hydrogen-bond donors (Lipinski definition) is 1. The Morgan fingerprint density at radius 3 is 2.40 bits per heavy atom. The van der Waals surface area contributed by atoms with E-state index < -0.39 is 0 Å². The summed E-state index contributed by atoms with van der Waals surface area (Å²) in [7, 11) is 2.19. The molecule has 2 rings (SSSR count). The van der Waals surface area contributed by atoms with Crippen molar-refractivity contribution in [3.8, 4) is 5.75 Å². The van der Waals surface area contributed by atoms with Gasteiger partial charge in [-0.25, -0.2) is 0 Å². The molecule has 4 nitrogen and oxygen atoms in total. The molecule has 0 saturated carbocycles. The number of ether oxygens (including phenoxy) is 1. The van der Waals surface area contributed by atoms with Crippen LogP contribution < -0.4 is 10.5 Å². The van der Waals surface area contributed by atoms with Gasteiger partial charge in [0.2, 0.25) is 0 Å². The monoisotopic (exact) mass is 277 g/mol. The van der Waals surface area contributed by atoms with E-state index in [-0.39, 0.29) is 6.10 Å². The molecule has 112 valence electrons. The number of piperazine rings is 1. The molecule has 0 bridgehead atoms. The zero-order chi connectivity index (χ0) is 14.4. The lowest BCUT2D eigenvalue weighted by molar-refractivity contribution is 0.129. The molecule has 1 saturated heterocycles. The van der Waals surface area contributed by atoms with Crippen molar-refractivity contribution in [1.82, 2.24) is 9.80 Å². The van der Waals surface area contributed by atoms with Crippen molar-refractivity contribution in [2.75, 3.05) is 39.8 Å². The third-order valence-electron chi connectivity index (χ3n) is 3.94. The first-order chi connectivity index (χ1) is 9.67. The van der Waals surface area contributed by atoms with Crippen LogP contribution in [0, 0.1) is 0 Å². The van der Waals surface area contributed by atoms with Crippen molar-refractivity contribution in [3.63, 3.8) is 0 Å². The maximum absolute atomic E-state index is 5.95. The topological polar surface area (TPSA) is 41.7 Å². The summed E-state index contributed by atoms with van der Waals surface area (Å²) in [6.07, 6.45) is 1.32. The second-order valence-electron chi connectivity index (χ2n) is 5.71. The van der Waals surface area contributed by atoms with E-state index in [1.165, 1.54) is 26.2 Å². The van der Waals surface area contributed by atoms with Gasteiger partial charge in [0.05, 0.1) is 6.10 Å². The molecule has 1 aliphatic rings. The third-order valence-corrected chi connectivity index (χ3v) is 3.94. The number of rotatable bonds is 6. The van der Waals surface area contributed by atoms with E-state index in [2.05, 4.69) is 23.8 Å².